The molecule has 1 amide bonds. The summed E-state index contributed by atoms with van der Waals surface area (Å²) >= 11 is 1.59. The van der Waals surface area contributed by atoms with E-state index in [4.69, 9.17) is 0 Å². The lowest BCUT2D eigenvalue weighted by atomic mass is 9.84. The van der Waals surface area contributed by atoms with Gasteiger partial charge in [0.2, 0.25) is 0 Å². The molecule has 0 spiro atoms. The van der Waals surface area contributed by atoms with Gasteiger partial charge in [-0.25, -0.2) is 4.98 Å². The maximum absolute atomic E-state index is 12.9. The molecule has 3 aliphatic heterocycles. The quantitative estimate of drug-likeness (QED) is 0.838. The van der Waals surface area contributed by atoms with Gasteiger partial charge in [0, 0.05) is 35.9 Å². The van der Waals surface area contributed by atoms with E-state index in [1.54, 1.807) is 23.6 Å². The number of thiazole rings is 1. The fraction of sp³-hybridized carbons (Fsp3) is 0.591. The van der Waals surface area contributed by atoms with Gasteiger partial charge in [0.15, 0.2) is 5.13 Å². The fourth-order valence-electron chi connectivity index (χ4n) is 5.12. The van der Waals surface area contributed by atoms with E-state index in [1.807, 2.05) is 6.20 Å². The Morgan fingerprint density at radius 1 is 1.10 bits per heavy atom. The van der Waals surface area contributed by atoms with Crippen LogP contribution in [0.3, 0.4) is 0 Å². The second kappa shape index (κ2) is 8.03. The van der Waals surface area contributed by atoms with Gasteiger partial charge in [-0.2, -0.15) is 0 Å². The van der Waals surface area contributed by atoms with Crippen molar-refractivity contribution in [1.82, 2.24) is 19.8 Å². The molecule has 0 aromatic carbocycles. The van der Waals surface area contributed by atoms with E-state index in [9.17, 15) is 9.59 Å². The molecule has 0 unspecified atom stereocenters. The topological polar surface area (TPSA) is 67.2 Å². The van der Waals surface area contributed by atoms with Gasteiger partial charge in [-0.1, -0.05) is 19.3 Å². The van der Waals surface area contributed by atoms with Gasteiger partial charge < -0.3 is 10.2 Å². The Kier molecular flexibility index (Phi) is 5.26. The van der Waals surface area contributed by atoms with E-state index in [1.165, 1.54) is 47.6 Å². The Morgan fingerprint density at radius 3 is 2.62 bits per heavy atom. The summed E-state index contributed by atoms with van der Waals surface area (Å²) in [5.74, 6) is 1.04. The van der Waals surface area contributed by atoms with Gasteiger partial charge in [-0.05, 0) is 56.7 Å². The lowest BCUT2D eigenvalue weighted by Crippen LogP contribution is -2.57. The van der Waals surface area contributed by atoms with Crippen molar-refractivity contribution in [2.45, 2.75) is 56.9 Å². The number of carbonyl (C=O) groups is 1. The molecule has 1 atom stereocenters. The van der Waals surface area contributed by atoms with E-state index in [0.29, 0.717) is 22.5 Å². The van der Waals surface area contributed by atoms with Gasteiger partial charge >= 0.3 is 0 Å². The number of nitrogens with zero attached hydrogens (tertiary/aromatic N) is 3. The Hall–Kier alpha value is -1.99. The first-order valence-electron chi connectivity index (χ1n) is 10.9. The molecule has 6 nitrogen and oxygen atoms in total. The van der Waals surface area contributed by atoms with E-state index in [0.717, 1.165) is 32.5 Å². The Balaban J connectivity index is 1.34. The number of carbonyl (C=O) groups excluding carboxylic acids is 1. The first-order valence-corrected chi connectivity index (χ1v) is 11.7. The van der Waals surface area contributed by atoms with Crippen molar-refractivity contribution < 1.29 is 4.79 Å². The highest BCUT2D eigenvalue weighted by Gasteiger charge is 2.35. The van der Waals surface area contributed by atoms with E-state index >= 15 is 0 Å². The normalized spacial score (nSPS) is 27.1. The number of pyridine rings is 1. The van der Waals surface area contributed by atoms with Crippen molar-refractivity contribution >= 4 is 17.2 Å². The molecule has 2 aromatic heterocycles. The van der Waals surface area contributed by atoms with Crippen LogP contribution >= 0.6 is 11.3 Å². The maximum Gasteiger partial charge on any atom is 0.256 e. The van der Waals surface area contributed by atoms with Gasteiger partial charge in [0.1, 0.15) is 0 Å². The van der Waals surface area contributed by atoms with Crippen LogP contribution < -0.4 is 10.9 Å². The molecule has 4 aliphatic rings. The molecule has 3 saturated heterocycles. The molecular formula is C22H28N4O2S. The number of hydrogen-bond acceptors (Lipinski definition) is 5. The third-order valence-electron chi connectivity index (χ3n) is 6.87. The predicted octanol–water partition coefficient (Wildman–Crippen LogP) is 3.17. The van der Waals surface area contributed by atoms with Crippen LogP contribution in [0.5, 0.6) is 0 Å². The molecule has 1 aliphatic carbocycles. The van der Waals surface area contributed by atoms with Crippen LogP contribution in [0.2, 0.25) is 0 Å². The monoisotopic (exact) mass is 412 g/mol. The number of rotatable bonds is 4. The van der Waals surface area contributed by atoms with E-state index in [2.05, 4.69) is 15.2 Å². The number of aromatic nitrogens is 2. The molecule has 29 heavy (non-hydrogen) atoms. The van der Waals surface area contributed by atoms with Crippen LogP contribution in [0.25, 0.3) is 5.13 Å². The summed E-state index contributed by atoms with van der Waals surface area (Å²) in [6.45, 7) is 3.23. The van der Waals surface area contributed by atoms with Crippen LogP contribution in [0, 0.1) is 5.92 Å². The number of nitrogens with one attached hydrogen (secondary N) is 1. The molecule has 1 saturated carbocycles. The van der Waals surface area contributed by atoms with Crippen molar-refractivity contribution in [3.8, 4) is 5.13 Å². The molecule has 7 heteroatoms. The zero-order chi connectivity index (χ0) is 19.8. The average Bonchev–Trinajstić information content (AvgIpc) is 3.25. The highest BCUT2D eigenvalue weighted by atomic mass is 32.1. The Labute approximate surface area is 175 Å². The van der Waals surface area contributed by atoms with Crippen molar-refractivity contribution in [2.24, 2.45) is 5.92 Å². The van der Waals surface area contributed by atoms with E-state index in [-0.39, 0.29) is 17.5 Å². The largest absolute Gasteiger partial charge is 0.348 e. The molecule has 0 radical (unpaired) electrons. The predicted molar refractivity (Wildman–Crippen MR) is 114 cm³/mol. The second-order valence-electron chi connectivity index (χ2n) is 8.72. The summed E-state index contributed by atoms with van der Waals surface area (Å²) in [4.78, 5) is 33.5. The highest BCUT2D eigenvalue weighted by molar-refractivity contribution is 7.14. The number of amides is 1. The Morgan fingerprint density at radius 2 is 1.90 bits per heavy atom. The first-order chi connectivity index (χ1) is 14.2. The van der Waals surface area contributed by atoms with Crippen molar-refractivity contribution in [1.29, 1.82) is 0 Å². The first kappa shape index (κ1) is 19.0. The van der Waals surface area contributed by atoms with Crippen LogP contribution in [0.1, 0.15) is 66.1 Å². The molecular weight excluding hydrogens is 384 g/mol. The maximum atomic E-state index is 12.9. The lowest BCUT2D eigenvalue weighted by molar-refractivity contribution is 0.0620. The summed E-state index contributed by atoms with van der Waals surface area (Å²) < 4.78 is 1.53. The smallest absolute Gasteiger partial charge is 0.256 e. The van der Waals surface area contributed by atoms with Crippen molar-refractivity contribution in [3.05, 3.63) is 45.3 Å². The average molecular weight is 413 g/mol. The summed E-state index contributed by atoms with van der Waals surface area (Å²) in [5.41, 5.74) is 0.379. The molecule has 4 fully saturated rings. The second-order valence-corrected chi connectivity index (χ2v) is 9.76. The van der Waals surface area contributed by atoms with Gasteiger partial charge in [-0.3, -0.25) is 14.2 Å². The fourth-order valence-corrected chi connectivity index (χ4v) is 6.18. The molecule has 6 rings (SSSR count). The minimum Gasteiger partial charge on any atom is -0.348 e. The SMILES string of the molecule is O=C(N[C@H]1CN2CCC1CC2)c1ccc(=O)n(-c2ncc(C3CCCCC3)s2)c1. The number of hydrogen-bond donors (Lipinski definition) is 1. The molecule has 5 heterocycles. The molecule has 2 aromatic rings. The van der Waals surface area contributed by atoms with Gasteiger partial charge in [0.25, 0.3) is 11.5 Å². The summed E-state index contributed by atoms with van der Waals surface area (Å²) in [6, 6.07) is 3.32. The minimum absolute atomic E-state index is 0.0958. The zero-order valence-corrected chi connectivity index (χ0v) is 17.5. The standard InChI is InChI=1S/C22H28N4O2S/c27-20-7-6-17(21(28)24-18-14-25-10-8-15(18)9-11-25)13-26(20)22-23-12-19(29-22)16-4-2-1-3-5-16/h6-7,12-13,15-16,18H,1-5,8-11,14H2,(H,24,28)/t18-/m0/s1. The number of piperidine rings is 3. The minimum atomic E-state index is -0.145. The number of fused-ring (bicyclic) bond motifs is 3. The molecule has 1 N–H and O–H groups in total. The van der Waals surface area contributed by atoms with Crippen molar-refractivity contribution in [3.63, 3.8) is 0 Å². The van der Waals surface area contributed by atoms with Crippen LogP contribution in [-0.4, -0.2) is 46.0 Å². The molecule has 154 valence electrons. The third kappa shape index (κ3) is 3.90. The van der Waals surface area contributed by atoms with Crippen LogP contribution in [0.15, 0.2) is 29.3 Å². The van der Waals surface area contributed by atoms with Gasteiger partial charge in [-0.15, -0.1) is 11.3 Å². The third-order valence-corrected chi connectivity index (χ3v) is 8.03. The molecule has 2 bridgehead atoms. The van der Waals surface area contributed by atoms with E-state index < -0.39 is 0 Å². The highest BCUT2D eigenvalue weighted by Crippen LogP contribution is 2.36. The summed E-state index contributed by atoms with van der Waals surface area (Å²) in [6.07, 6.45) is 12.2. The summed E-state index contributed by atoms with van der Waals surface area (Å²) in [5, 5.41) is 3.87. The summed E-state index contributed by atoms with van der Waals surface area (Å²) in [7, 11) is 0. The van der Waals surface area contributed by atoms with Crippen LogP contribution in [-0.2, 0) is 0 Å². The Bertz CT molecular complexity index is 938. The van der Waals surface area contributed by atoms with Crippen molar-refractivity contribution in [2.75, 3.05) is 19.6 Å². The van der Waals surface area contributed by atoms with Crippen LogP contribution in [0.4, 0.5) is 0 Å². The van der Waals surface area contributed by atoms with Gasteiger partial charge in [0.05, 0.1) is 5.56 Å². The zero-order valence-electron chi connectivity index (χ0n) is 16.7. The lowest BCUT2D eigenvalue weighted by Gasteiger charge is -2.44.